The molecule has 0 radical (unpaired) electrons. The molecule has 4 nitrogen and oxygen atoms in total. The summed E-state index contributed by atoms with van der Waals surface area (Å²) in [5.41, 5.74) is 19.5. The van der Waals surface area contributed by atoms with Crippen LogP contribution in [0.3, 0.4) is 0 Å². The fourth-order valence-corrected chi connectivity index (χ4v) is 7.73. The lowest BCUT2D eigenvalue weighted by Crippen LogP contribution is -2.28. The molecule has 4 aliphatic rings. The lowest BCUT2D eigenvalue weighted by atomic mass is 9.76. The summed E-state index contributed by atoms with van der Waals surface area (Å²) in [6.07, 6.45) is 17.4. The Balaban J connectivity index is 0.000000217. The number of allylic oxidation sites excluding steroid dienone is 6. The summed E-state index contributed by atoms with van der Waals surface area (Å²) in [4.78, 5) is 10.2. The van der Waals surface area contributed by atoms with Crippen molar-refractivity contribution in [1.29, 1.82) is 0 Å². The number of benzene rings is 2. The van der Waals surface area contributed by atoms with E-state index in [4.69, 9.17) is 5.73 Å². The molecule has 10 heteroatoms. The number of hydrogen-bond donors (Lipinski definition) is 2. The first kappa shape index (κ1) is 43.9. The number of nitrogens with zero attached hydrogens (tertiary/aromatic N) is 1. The van der Waals surface area contributed by atoms with Gasteiger partial charge in [0.25, 0.3) is 0 Å². The zero-order valence-corrected chi connectivity index (χ0v) is 33.5. The Morgan fingerprint density at radius 3 is 2.13 bits per heavy atom. The lowest BCUT2D eigenvalue weighted by Gasteiger charge is -2.40. The summed E-state index contributed by atoms with van der Waals surface area (Å²) in [5, 5.41) is 4.46. The number of ketones is 1. The Hall–Kier alpha value is -3.50. The van der Waals surface area contributed by atoms with E-state index in [-0.39, 0.29) is 11.2 Å². The monoisotopic (exact) mass is 761 g/mol. The minimum Gasteiger partial charge on any atom is -0.325 e. The third kappa shape index (κ3) is 11.0. The van der Waals surface area contributed by atoms with E-state index in [2.05, 4.69) is 68.2 Å². The van der Waals surface area contributed by atoms with Crippen LogP contribution in [0.15, 0.2) is 94.0 Å². The van der Waals surface area contributed by atoms with Gasteiger partial charge in [-0.15, -0.1) is 0 Å². The summed E-state index contributed by atoms with van der Waals surface area (Å²) in [5.74, 6) is 1.91. The van der Waals surface area contributed by atoms with Gasteiger partial charge in [0, 0.05) is 17.7 Å². The van der Waals surface area contributed by atoms with E-state index in [0.29, 0.717) is 30.7 Å². The van der Waals surface area contributed by atoms with Crippen molar-refractivity contribution in [3.63, 3.8) is 0 Å². The Morgan fingerprint density at radius 2 is 1.66 bits per heavy atom. The number of hydrazone groups is 1. The number of carbonyl (C=O) groups is 1. The quantitative estimate of drug-likeness (QED) is 0.197. The van der Waals surface area contributed by atoms with Gasteiger partial charge in [0.1, 0.15) is 10.7 Å². The molecule has 0 spiro atoms. The number of hydrogen-bond acceptors (Lipinski definition) is 4. The standard InChI is InChI=1S/C18H21N3O.C15H24.C8H9F5S.C2H6/c1-11(22)18(7-8-18)13-5-6-14-15(9-13)16(10-19)20-21-17(14)12-3-2-4-12;1-5-7-9-14-10-8-11-15(13(14)4)12(3)6-2;1-2-7-3-5-8(6-4-7)14(9,10,11,12)13;1-2/h5-6,9,21H,2-4,7-8,10,19H2,1H3;5,7,9,12,15H,1,6,8,10-11H2,2-4H3;3-6H,2H2,1H3;1-2H3/b;9-7-;;. The van der Waals surface area contributed by atoms with Gasteiger partial charge in [-0.2, -0.15) is 5.10 Å². The highest BCUT2D eigenvalue weighted by molar-refractivity contribution is 8.45. The summed E-state index contributed by atoms with van der Waals surface area (Å²) in [6.45, 7) is 18.6. The van der Waals surface area contributed by atoms with Crippen molar-refractivity contribution in [2.24, 2.45) is 22.7 Å². The van der Waals surface area contributed by atoms with Gasteiger partial charge in [-0.3, -0.25) is 10.2 Å². The van der Waals surface area contributed by atoms with Crippen molar-refractivity contribution in [2.45, 2.75) is 123 Å². The van der Waals surface area contributed by atoms with Gasteiger partial charge in [-0.1, -0.05) is 115 Å². The third-order valence-corrected chi connectivity index (χ3v) is 12.1. The predicted molar refractivity (Wildman–Crippen MR) is 215 cm³/mol. The van der Waals surface area contributed by atoms with E-state index >= 15 is 0 Å². The minimum atomic E-state index is -9.47. The zero-order valence-electron chi connectivity index (χ0n) is 32.6. The summed E-state index contributed by atoms with van der Waals surface area (Å²) < 4.78 is 60.9. The van der Waals surface area contributed by atoms with Gasteiger partial charge < -0.3 is 5.73 Å². The molecule has 2 aromatic carbocycles. The van der Waals surface area contributed by atoms with Crippen LogP contribution < -0.4 is 11.2 Å². The van der Waals surface area contributed by atoms with Crippen LogP contribution in [0, 0.1) is 11.8 Å². The molecule has 6 rings (SSSR count). The molecular formula is C43H60F5N3OS. The molecule has 294 valence electrons. The van der Waals surface area contributed by atoms with E-state index in [1.165, 1.54) is 43.2 Å². The second-order valence-electron chi connectivity index (χ2n) is 14.3. The number of aryl methyl sites for hydroxylation is 1. The topological polar surface area (TPSA) is 67.5 Å². The third-order valence-electron chi connectivity index (χ3n) is 10.9. The Labute approximate surface area is 314 Å². The highest BCUT2D eigenvalue weighted by atomic mass is 32.5. The number of fused-ring (bicyclic) bond motifs is 1. The molecular weight excluding hydrogens is 702 g/mol. The van der Waals surface area contributed by atoms with Crippen molar-refractivity contribution in [3.8, 4) is 0 Å². The highest BCUT2D eigenvalue weighted by Crippen LogP contribution is 3.02. The Kier molecular flexibility index (Phi) is 14.3. The molecule has 2 fully saturated rings. The molecule has 0 saturated heterocycles. The van der Waals surface area contributed by atoms with Crippen LogP contribution in [0.5, 0.6) is 0 Å². The molecule has 0 bridgehead atoms. The largest absolute Gasteiger partial charge is 0.325 e. The van der Waals surface area contributed by atoms with E-state index in [9.17, 15) is 24.2 Å². The molecule has 2 aromatic rings. The van der Waals surface area contributed by atoms with Crippen molar-refractivity contribution in [2.75, 3.05) is 6.54 Å². The average molecular weight is 762 g/mol. The molecule has 0 aromatic heterocycles. The van der Waals surface area contributed by atoms with E-state index in [0.717, 1.165) is 72.2 Å². The molecule has 53 heavy (non-hydrogen) atoms. The van der Waals surface area contributed by atoms with E-state index in [1.54, 1.807) is 25.0 Å². The highest BCUT2D eigenvalue weighted by Gasteiger charge is 2.65. The number of nitrogens with one attached hydrogen (secondary N) is 1. The SMILES string of the molecule is C=C/C=C\C1=C(C)C(C(C)CC)CCC1.CC.CC(=O)C1(c2ccc3c(c2)C(CN)=NNC3=C2CCC2)CC1.CCc1ccc(S(F)(F)(F)(F)F)cc1. The van der Waals surface area contributed by atoms with Crippen molar-refractivity contribution in [3.05, 3.63) is 106 Å². The van der Waals surface area contributed by atoms with Crippen LogP contribution in [0.2, 0.25) is 0 Å². The fourth-order valence-electron chi connectivity index (χ4n) is 7.08. The van der Waals surface area contributed by atoms with E-state index in [1.807, 2.05) is 19.9 Å². The number of Topliss-reactive ketones (excluding diaryl/α,β-unsaturated/α-hetero) is 1. The van der Waals surface area contributed by atoms with Crippen molar-refractivity contribution >= 4 is 27.4 Å². The number of nitrogens with two attached hydrogens (primary N) is 1. The normalized spacial score (nSPS) is 20.5. The van der Waals surface area contributed by atoms with Crippen LogP contribution >= 0.6 is 10.2 Å². The maximum absolute atomic E-state index is 12.2. The molecule has 1 aliphatic heterocycles. The second-order valence-corrected chi connectivity index (χ2v) is 16.7. The van der Waals surface area contributed by atoms with Gasteiger partial charge in [0.05, 0.1) is 16.8 Å². The van der Waals surface area contributed by atoms with Gasteiger partial charge in [-0.05, 0) is 124 Å². The Morgan fingerprint density at radius 1 is 1.02 bits per heavy atom. The van der Waals surface area contributed by atoms with Gasteiger partial charge in [-0.25, -0.2) is 0 Å². The van der Waals surface area contributed by atoms with Crippen LogP contribution in [-0.2, 0) is 16.6 Å². The number of halogens is 5. The number of carbonyl (C=O) groups excluding carboxylic acids is 1. The smallest absolute Gasteiger partial charge is 0.310 e. The predicted octanol–water partition coefficient (Wildman–Crippen LogP) is 13.3. The minimum absolute atomic E-state index is 0.247. The van der Waals surface area contributed by atoms with Gasteiger partial charge in [0.15, 0.2) is 0 Å². The molecule has 0 amide bonds. The van der Waals surface area contributed by atoms with Crippen LogP contribution in [0.25, 0.3) is 5.70 Å². The molecule has 2 atom stereocenters. The first-order valence-corrected chi connectivity index (χ1v) is 21.1. The zero-order chi connectivity index (χ0) is 39.7. The lowest BCUT2D eigenvalue weighted by molar-refractivity contribution is -0.119. The Bertz CT molecular complexity index is 1730. The molecule has 2 saturated carbocycles. The maximum atomic E-state index is 12.2. The number of rotatable bonds is 9. The van der Waals surface area contributed by atoms with Crippen LogP contribution in [0.4, 0.5) is 19.4 Å². The van der Waals surface area contributed by atoms with Gasteiger partial charge in [0.2, 0.25) is 0 Å². The summed E-state index contributed by atoms with van der Waals surface area (Å²) in [7, 11) is -9.47. The summed E-state index contributed by atoms with van der Waals surface area (Å²) >= 11 is 0. The van der Waals surface area contributed by atoms with Crippen molar-refractivity contribution in [1.82, 2.24) is 5.43 Å². The average Bonchev–Trinajstić information content (AvgIpc) is 3.93. The molecule has 3 aliphatic carbocycles. The molecule has 3 N–H and O–H groups in total. The first-order chi connectivity index (χ1) is 24.9. The summed E-state index contributed by atoms with van der Waals surface area (Å²) in [6, 6.07) is 9.40. The maximum Gasteiger partial charge on any atom is 0.310 e. The van der Waals surface area contributed by atoms with E-state index < -0.39 is 15.1 Å². The van der Waals surface area contributed by atoms with Crippen molar-refractivity contribution < 1.29 is 24.2 Å². The first-order valence-electron chi connectivity index (χ1n) is 19.1. The van der Waals surface area contributed by atoms with Crippen LogP contribution in [0.1, 0.15) is 129 Å². The van der Waals surface area contributed by atoms with Gasteiger partial charge >= 0.3 is 10.2 Å². The fraction of sp³-hybridized carbons (Fsp3) is 0.488. The second kappa shape index (κ2) is 17.3. The molecule has 2 unspecified atom stereocenters. The van der Waals surface area contributed by atoms with Crippen LogP contribution in [-0.4, -0.2) is 18.0 Å². The molecule has 1 heterocycles.